The van der Waals surface area contributed by atoms with Crippen LogP contribution in [-0.4, -0.2) is 42.5 Å². The molecule has 0 aromatic carbocycles. The molecule has 3 fully saturated rings. The molecule has 1 aliphatic heterocycles. The summed E-state index contributed by atoms with van der Waals surface area (Å²) in [5.74, 6) is 2.76. The largest absolute Gasteiger partial charge is 0.352 e. The van der Waals surface area contributed by atoms with Crippen molar-refractivity contribution in [3.05, 3.63) is 0 Å². The monoisotopic (exact) mass is 315 g/mol. The number of carbonyl (C=O) groups is 1. The highest BCUT2D eigenvalue weighted by Gasteiger charge is 2.42. The van der Waals surface area contributed by atoms with E-state index in [1.165, 1.54) is 25.7 Å². The van der Waals surface area contributed by atoms with Crippen LogP contribution in [0.3, 0.4) is 0 Å². The van der Waals surface area contributed by atoms with Crippen LogP contribution in [0.5, 0.6) is 0 Å². The molecule has 3 rings (SSSR count). The first-order chi connectivity index (χ1) is 9.61. The van der Waals surface area contributed by atoms with Gasteiger partial charge in [0, 0.05) is 25.2 Å². The van der Waals surface area contributed by atoms with Gasteiger partial charge in [0.25, 0.3) is 0 Å². The number of nitrogens with one attached hydrogen (secondary N) is 1. The Labute approximate surface area is 134 Å². The van der Waals surface area contributed by atoms with Crippen LogP contribution in [0.4, 0.5) is 0 Å². The molecule has 122 valence electrons. The second-order valence-corrected chi connectivity index (χ2v) is 7.31. The zero-order chi connectivity index (χ0) is 14.1. The minimum Gasteiger partial charge on any atom is -0.352 e. The van der Waals surface area contributed by atoms with Crippen LogP contribution < -0.4 is 11.1 Å². The highest BCUT2D eigenvalue weighted by molar-refractivity contribution is 5.85. The number of likely N-dealkylation sites (tertiary alicyclic amines) is 1. The quantitative estimate of drug-likeness (QED) is 0.831. The van der Waals surface area contributed by atoms with Crippen LogP contribution in [0, 0.1) is 17.8 Å². The van der Waals surface area contributed by atoms with E-state index in [1.54, 1.807) is 0 Å². The summed E-state index contributed by atoms with van der Waals surface area (Å²) >= 11 is 0. The summed E-state index contributed by atoms with van der Waals surface area (Å²) in [4.78, 5) is 14.4. The second kappa shape index (κ2) is 7.30. The fourth-order valence-electron chi connectivity index (χ4n) is 4.63. The molecule has 0 aromatic rings. The van der Waals surface area contributed by atoms with E-state index in [1.807, 2.05) is 0 Å². The van der Waals surface area contributed by atoms with Crippen molar-refractivity contribution in [3.63, 3.8) is 0 Å². The first-order valence-electron chi connectivity index (χ1n) is 8.39. The van der Waals surface area contributed by atoms with Crippen LogP contribution >= 0.6 is 12.4 Å². The average Bonchev–Trinajstić information content (AvgIpc) is 3.03. The van der Waals surface area contributed by atoms with E-state index < -0.39 is 0 Å². The SMILES string of the molecule is CC(NC(=O)CN1CCC(N)CC1)C1CC2CCC1C2.Cl. The van der Waals surface area contributed by atoms with Gasteiger partial charge in [0.05, 0.1) is 6.54 Å². The van der Waals surface area contributed by atoms with Gasteiger partial charge in [0.2, 0.25) is 5.91 Å². The van der Waals surface area contributed by atoms with Crippen molar-refractivity contribution in [2.75, 3.05) is 19.6 Å². The summed E-state index contributed by atoms with van der Waals surface area (Å²) in [5.41, 5.74) is 5.90. The van der Waals surface area contributed by atoms with Gasteiger partial charge in [-0.25, -0.2) is 0 Å². The normalized spacial score (nSPS) is 34.5. The minimum atomic E-state index is 0. The number of halogens is 1. The molecule has 5 heteroatoms. The molecule has 3 N–H and O–H groups in total. The standard InChI is InChI=1S/C16H29N3O.ClH/c1-11(15-9-12-2-3-13(15)8-12)18-16(20)10-19-6-4-14(17)5-7-19;/h11-15H,2-10,17H2,1H3,(H,18,20);1H. The molecule has 1 amide bonds. The van der Waals surface area contributed by atoms with Gasteiger partial charge in [-0.1, -0.05) is 6.42 Å². The van der Waals surface area contributed by atoms with Crippen molar-refractivity contribution in [2.45, 2.75) is 57.5 Å². The Morgan fingerprint density at radius 2 is 1.95 bits per heavy atom. The summed E-state index contributed by atoms with van der Waals surface area (Å²) in [7, 11) is 0. The van der Waals surface area contributed by atoms with E-state index in [9.17, 15) is 4.79 Å². The lowest BCUT2D eigenvalue weighted by Gasteiger charge is -2.32. The number of rotatable bonds is 4. The lowest BCUT2D eigenvalue weighted by molar-refractivity contribution is -0.123. The van der Waals surface area contributed by atoms with Gasteiger partial charge in [-0.3, -0.25) is 9.69 Å². The van der Waals surface area contributed by atoms with Gasteiger partial charge in [0.15, 0.2) is 0 Å². The number of piperidine rings is 1. The maximum Gasteiger partial charge on any atom is 0.234 e. The lowest BCUT2D eigenvalue weighted by Crippen LogP contribution is -2.47. The first-order valence-corrected chi connectivity index (χ1v) is 8.39. The van der Waals surface area contributed by atoms with Gasteiger partial charge in [-0.15, -0.1) is 12.4 Å². The van der Waals surface area contributed by atoms with Gasteiger partial charge in [-0.2, -0.15) is 0 Å². The van der Waals surface area contributed by atoms with Crippen LogP contribution in [0.15, 0.2) is 0 Å². The Bertz CT molecular complexity index is 357. The Balaban J connectivity index is 0.00000161. The molecule has 0 spiro atoms. The van der Waals surface area contributed by atoms with Gasteiger partial charge >= 0.3 is 0 Å². The molecule has 2 saturated carbocycles. The Kier molecular flexibility index (Phi) is 5.92. The summed E-state index contributed by atoms with van der Waals surface area (Å²) < 4.78 is 0. The number of carbonyl (C=O) groups excluding carboxylic acids is 1. The number of nitrogens with two attached hydrogens (primary N) is 1. The van der Waals surface area contributed by atoms with Crippen molar-refractivity contribution in [1.82, 2.24) is 10.2 Å². The average molecular weight is 316 g/mol. The molecule has 1 saturated heterocycles. The van der Waals surface area contributed by atoms with E-state index in [2.05, 4.69) is 17.1 Å². The predicted octanol–water partition coefficient (Wildman–Crippen LogP) is 1.77. The highest BCUT2D eigenvalue weighted by atomic mass is 35.5. The molecule has 2 bridgehead atoms. The predicted molar refractivity (Wildman–Crippen MR) is 87.4 cm³/mol. The summed E-state index contributed by atoms with van der Waals surface area (Å²) in [5, 5.41) is 3.25. The molecule has 21 heavy (non-hydrogen) atoms. The number of fused-ring (bicyclic) bond motifs is 2. The van der Waals surface area contributed by atoms with E-state index in [0.29, 0.717) is 18.6 Å². The minimum absolute atomic E-state index is 0. The third kappa shape index (κ3) is 4.11. The maximum atomic E-state index is 12.2. The fraction of sp³-hybridized carbons (Fsp3) is 0.938. The summed E-state index contributed by atoms with van der Waals surface area (Å²) in [6.07, 6.45) is 7.61. The molecular formula is C16H30ClN3O. The van der Waals surface area contributed by atoms with Crippen LogP contribution in [-0.2, 0) is 4.79 Å². The van der Waals surface area contributed by atoms with Crippen molar-refractivity contribution in [2.24, 2.45) is 23.5 Å². The van der Waals surface area contributed by atoms with Crippen molar-refractivity contribution >= 4 is 18.3 Å². The smallest absolute Gasteiger partial charge is 0.234 e. The summed E-state index contributed by atoms with van der Waals surface area (Å²) in [6.45, 7) is 4.70. The highest BCUT2D eigenvalue weighted by Crippen LogP contribution is 2.49. The van der Waals surface area contributed by atoms with Gasteiger partial charge < -0.3 is 11.1 Å². The van der Waals surface area contributed by atoms with Gasteiger partial charge in [0.1, 0.15) is 0 Å². The Hall–Kier alpha value is -0.320. The fourth-order valence-corrected chi connectivity index (χ4v) is 4.63. The Morgan fingerprint density at radius 3 is 2.52 bits per heavy atom. The van der Waals surface area contributed by atoms with E-state index in [0.717, 1.165) is 43.7 Å². The van der Waals surface area contributed by atoms with Gasteiger partial charge in [-0.05, 0) is 56.8 Å². The molecule has 1 heterocycles. The van der Waals surface area contributed by atoms with Crippen LogP contribution in [0.1, 0.15) is 45.4 Å². The molecule has 0 aromatic heterocycles. The third-order valence-corrected chi connectivity index (χ3v) is 5.82. The molecule has 4 nitrogen and oxygen atoms in total. The topological polar surface area (TPSA) is 58.4 Å². The molecular weight excluding hydrogens is 286 g/mol. The molecule has 4 unspecified atom stereocenters. The van der Waals surface area contributed by atoms with E-state index in [-0.39, 0.29) is 18.3 Å². The zero-order valence-electron chi connectivity index (χ0n) is 13.1. The Morgan fingerprint density at radius 1 is 1.24 bits per heavy atom. The maximum absolute atomic E-state index is 12.2. The third-order valence-electron chi connectivity index (χ3n) is 5.82. The van der Waals surface area contributed by atoms with E-state index >= 15 is 0 Å². The number of amides is 1. The number of nitrogens with zero attached hydrogens (tertiary/aromatic N) is 1. The van der Waals surface area contributed by atoms with E-state index in [4.69, 9.17) is 5.73 Å². The van der Waals surface area contributed by atoms with Crippen LogP contribution in [0.2, 0.25) is 0 Å². The van der Waals surface area contributed by atoms with Crippen LogP contribution in [0.25, 0.3) is 0 Å². The molecule has 2 aliphatic carbocycles. The van der Waals surface area contributed by atoms with Crippen molar-refractivity contribution in [1.29, 1.82) is 0 Å². The molecule has 4 atom stereocenters. The number of hydrogen-bond donors (Lipinski definition) is 2. The zero-order valence-corrected chi connectivity index (χ0v) is 13.9. The van der Waals surface area contributed by atoms with Crippen molar-refractivity contribution < 1.29 is 4.79 Å². The lowest BCUT2D eigenvalue weighted by atomic mass is 9.84. The molecule has 0 radical (unpaired) electrons. The number of hydrogen-bond acceptors (Lipinski definition) is 3. The molecule has 3 aliphatic rings. The second-order valence-electron chi connectivity index (χ2n) is 7.31. The summed E-state index contributed by atoms with van der Waals surface area (Å²) in [6, 6.07) is 0.687. The first kappa shape index (κ1) is 17.0. The van der Waals surface area contributed by atoms with Crippen molar-refractivity contribution in [3.8, 4) is 0 Å².